The number of aryl methyl sites for hydroxylation is 1. The summed E-state index contributed by atoms with van der Waals surface area (Å²) in [6.45, 7) is 7.82. The summed E-state index contributed by atoms with van der Waals surface area (Å²) in [5, 5.41) is 17.9. The van der Waals surface area contributed by atoms with Crippen molar-refractivity contribution in [2.45, 2.75) is 46.2 Å². The molecule has 2 rings (SSSR count). The minimum Gasteiger partial charge on any atom is -0.385 e. The van der Waals surface area contributed by atoms with Gasteiger partial charge in [0, 0.05) is 36.4 Å². The maximum absolute atomic E-state index is 11.1. The topological polar surface area (TPSA) is 67.2 Å². The van der Waals surface area contributed by atoms with Crippen molar-refractivity contribution in [3.8, 4) is 0 Å². The maximum atomic E-state index is 11.1. The zero-order valence-corrected chi connectivity index (χ0v) is 15.2. The molecular formula is C20H27N3O2. The monoisotopic (exact) mass is 341 g/mol. The zero-order valence-electron chi connectivity index (χ0n) is 15.2. The summed E-state index contributed by atoms with van der Waals surface area (Å²) in [4.78, 5) is 10.8. The van der Waals surface area contributed by atoms with E-state index >= 15 is 0 Å². The Morgan fingerprint density at radius 2 is 1.96 bits per heavy atom. The van der Waals surface area contributed by atoms with E-state index in [2.05, 4.69) is 49.6 Å². The van der Waals surface area contributed by atoms with Crippen molar-refractivity contribution in [3.63, 3.8) is 0 Å². The van der Waals surface area contributed by atoms with Crippen LogP contribution in [0.2, 0.25) is 0 Å². The van der Waals surface area contributed by atoms with Gasteiger partial charge in [0.1, 0.15) is 0 Å². The van der Waals surface area contributed by atoms with E-state index in [9.17, 15) is 10.1 Å². The molecule has 0 radical (unpaired) electrons. The van der Waals surface area contributed by atoms with E-state index in [0.29, 0.717) is 12.1 Å². The molecule has 0 bridgehead atoms. The van der Waals surface area contributed by atoms with E-state index in [1.54, 1.807) is 18.2 Å². The van der Waals surface area contributed by atoms with E-state index in [1.165, 1.54) is 17.5 Å². The normalized spacial score (nSPS) is 12.0. The number of rotatable bonds is 9. The second-order valence-corrected chi connectivity index (χ2v) is 6.34. The number of anilines is 1. The van der Waals surface area contributed by atoms with Crippen LogP contribution >= 0.6 is 0 Å². The van der Waals surface area contributed by atoms with Crippen LogP contribution in [-0.4, -0.2) is 11.5 Å². The zero-order chi connectivity index (χ0) is 18.2. The number of nitro benzene ring substituents is 1. The number of nitro groups is 1. The van der Waals surface area contributed by atoms with Gasteiger partial charge in [-0.15, -0.1) is 0 Å². The van der Waals surface area contributed by atoms with Crippen molar-refractivity contribution in [2.75, 3.05) is 11.9 Å². The molecule has 0 saturated carbocycles. The third kappa shape index (κ3) is 5.29. The summed E-state index contributed by atoms with van der Waals surface area (Å²) in [5.74, 6) is 0. The molecule has 134 valence electrons. The fourth-order valence-electron chi connectivity index (χ4n) is 2.89. The lowest BCUT2D eigenvalue weighted by Crippen LogP contribution is -2.19. The summed E-state index contributed by atoms with van der Waals surface area (Å²) >= 11 is 0. The van der Waals surface area contributed by atoms with Crippen molar-refractivity contribution in [3.05, 3.63) is 69.3 Å². The van der Waals surface area contributed by atoms with Crippen LogP contribution < -0.4 is 10.6 Å². The molecule has 0 aliphatic heterocycles. The van der Waals surface area contributed by atoms with Gasteiger partial charge in [-0.25, -0.2) is 0 Å². The maximum Gasteiger partial charge on any atom is 0.273 e. The van der Waals surface area contributed by atoms with Crippen LogP contribution in [0.1, 0.15) is 49.4 Å². The highest BCUT2D eigenvalue weighted by Gasteiger charge is 2.14. The lowest BCUT2D eigenvalue weighted by atomic mass is 10.0. The molecule has 2 N–H and O–H groups in total. The van der Waals surface area contributed by atoms with Gasteiger partial charge < -0.3 is 10.6 Å². The number of para-hydroxylation sites is 1. The lowest BCUT2D eigenvalue weighted by molar-refractivity contribution is -0.385. The molecule has 0 amide bonds. The molecule has 0 fully saturated rings. The second-order valence-electron chi connectivity index (χ2n) is 6.34. The third-order valence-corrected chi connectivity index (χ3v) is 4.38. The molecule has 0 spiro atoms. The van der Waals surface area contributed by atoms with Crippen molar-refractivity contribution in [1.82, 2.24) is 5.32 Å². The highest BCUT2D eigenvalue weighted by molar-refractivity contribution is 5.49. The van der Waals surface area contributed by atoms with Crippen LogP contribution in [0.15, 0.2) is 42.5 Å². The van der Waals surface area contributed by atoms with Crippen LogP contribution in [0.5, 0.6) is 0 Å². The molecule has 0 aromatic heterocycles. The molecule has 1 unspecified atom stereocenters. The van der Waals surface area contributed by atoms with Crippen LogP contribution in [0.4, 0.5) is 11.4 Å². The third-order valence-electron chi connectivity index (χ3n) is 4.38. The van der Waals surface area contributed by atoms with Gasteiger partial charge >= 0.3 is 0 Å². The van der Waals surface area contributed by atoms with Gasteiger partial charge in [0.25, 0.3) is 5.69 Å². The Bertz CT molecular complexity index is 716. The Morgan fingerprint density at radius 1 is 1.20 bits per heavy atom. The van der Waals surface area contributed by atoms with E-state index < -0.39 is 0 Å². The summed E-state index contributed by atoms with van der Waals surface area (Å²) < 4.78 is 0. The molecule has 1 atom stereocenters. The average molecular weight is 341 g/mol. The Balaban J connectivity index is 2.01. The van der Waals surface area contributed by atoms with Crippen LogP contribution in [0.25, 0.3) is 0 Å². The molecule has 0 saturated heterocycles. The second kappa shape index (κ2) is 9.18. The van der Waals surface area contributed by atoms with Gasteiger partial charge in [-0.3, -0.25) is 10.1 Å². The van der Waals surface area contributed by atoms with Gasteiger partial charge in [-0.05, 0) is 43.5 Å². The van der Waals surface area contributed by atoms with E-state index in [4.69, 9.17) is 0 Å². The predicted molar refractivity (Wildman–Crippen MR) is 103 cm³/mol. The molecule has 0 heterocycles. The Hall–Kier alpha value is -2.40. The minimum atomic E-state index is -0.330. The SMILES string of the molecule is CCCCNc1ccc(C(C)NCc2ccccc2[N+](=O)[O-])c(C)c1. The summed E-state index contributed by atoms with van der Waals surface area (Å²) in [6.07, 6.45) is 2.34. The number of hydrogen-bond donors (Lipinski definition) is 2. The molecule has 0 aliphatic rings. The van der Waals surface area contributed by atoms with Gasteiger partial charge in [-0.2, -0.15) is 0 Å². The Labute approximate surface area is 149 Å². The van der Waals surface area contributed by atoms with Gasteiger partial charge in [0.15, 0.2) is 0 Å². The molecule has 5 heteroatoms. The number of unbranched alkanes of at least 4 members (excludes halogenated alkanes) is 1. The lowest BCUT2D eigenvalue weighted by Gasteiger charge is -2.18. The van der Waals surface area contributed by atoms with Gasteiger partial charge in [0.05, 0.1) is 4.92 Å². The first-order valence-electron chi connectivity index (χ1n) is 8.83. The van der Waals surface area contributed by atoms with E-state index in [0.717, 1.165) is 18.7 Å². The van der Waals surface area contributed by atoms with Crippen molar-refractivity contribution in [1.29, 1.82) is 0 Å². The first-order valence-corrected chi connectivity index (χ1v) is 8.83. The number of nitrogens with zero attached hydrogens (tertiary/aromatic N) is 1. The largest absolute Gasteiger partial charge is 0.385 e. The fourth-order valence-corrected chi connectivity index (χ4v) is 2.89. The quantitative estimate of drug-likeness (QED) is 0.384. The summed E-state index contributed by atoms with van der Waals surface area (Å²) in [5.41, 5.74) is 4.42. The first kappa shape index (κ1) is 18.9. The smallest absolute Gasteiger partial charge is 0.273 e. The van der Waals surface area contributed by atoms with Crippen molar-refractivity contribution < 1.29 is 4.92 Å². The Morgan fingerprint density at radius 3 is 2.64 bits per heavy atom. The average Bonchev–Trinajstić information content (AvgIpc) is 2.60. The number of benzene rings is 2. The summed E-state index contributed by atoms with van der Waals surface area (Å²) in [7, 11) is 0. The minimum absolute atomic E-state index is 0.115. The molecular weight excluding hydrogens is 314 g/mol. The van der Waals surface area contributed by atoms with Crippen LogP contribution in [0, 0.1) is 17.0 Å². The van der Waals surface area contributed by atoms with E-state index in [1.807, 2.05) is 6.07 Å². The molecule has 2 aromatic carbocycles. The first-order chi connectivity index (χ1) is 12.0. The van der Waals surface area contributed by atoms with Crippen LogP contribution in [0.3, 0.4) is 0 Å². The van der Waals surface area contributed by atoms with E-state index in [-0.39, 0.29) is 16.7 Å². The Kier molecular flexibility index (Phi) is 6.95. The standard InChI is InChI=1S/C20H27N3O2/c1-4-5-12-21-18-10-11-19(15(2)13-18)16(3)22-14-17-8-6-7-9-20(17)23(24)25/h6-11,13,16,21-22H,4-5,12,14H2,1-3H3. The highest BCUT2D eigenvalue weighted by Crippen LogP contribution is 2.23. The fraction of sp³-hybridized carbons (Fsp3) is 0.400. The molecule has 2 aromatic rings. The highest BCUT2D eigenvalue weighted by atomic mass is 16.6. The molecule has 25 heavy (non-hydrogen) atoms. The number of hydrogen-bond acceptors (Lipinski definition) is 4. The van der Waals surface area contributed by atoms with Crippen molar-refractivity contribution in [2.24, 2.45) is 0 Å². The molecule has 5 nitrogen and oxygen atoms in total. The predicted octanol–water partition coefficient (Wildman–Crippen LogP) is 4.97. The number of nitrogens with one attached hydrogen (secondary N) is 2. The molecule has 0 aliphatic carbocycles. The van der Waals surface area contributed by atoms with Gasteiger partial charge in [-0.1, -0.05) is 37.6 Å². The van der Waals surface area contributed by atoms with Crippen LogP contribution in [-0.2, 0) is 6.54 Å². The van der Waals surface area contributed by atoms with Gasteiger partial charge in [0.2, 0.25) is 0 Å². The summed E-state index contributed by atoms with van der Waals surface area (Å²) in [6, 6.07) is 13.4. The van der Waals surface area contributed by atoms with Crippen molar-refractivity contribution >= 4 is 11.4 Å².